The molecule has 17 heavy (non-hydrogen) atoms. The molecule has 0 unspecified atom stereocenters. The zero-order chi connectivity index (χ0) is 12.3. The first kappa shape index (κ1) is 11.8. The van der Waals surface area contributed by atoms with Crippen molar-refractivity contribution in [1.82, 2.24) is 0 Å². The second-order valence-corrected chi connectivity index (χ2v) is 3.69. The maximum absolute atomic E-state index is 10.1. The third-order valence-electron chi connectivity index (χ3n) is 2.32. The van der Waals surface area contributed by atoms with Crippen LogP contribution in [0.15, 0.2) is 11.1 Å². The molecule has 6 heteroatoms. The number of aliphatic imine (C=N–C) groups is 1. The van der Waals surface area contributed by atoms with Crippen molar-refractivity contribution in [3.05, 3.63) is 16.7 Å². The minimum atomic E-state index is 0.142. The monoisotopic (exact) mass is 255 g/mol. The number of carbonyl (C=O) groups excluding carboxylic acids is 1. The summed E-state index contributed by atoms with van der Waals surface area (Å²) in [4.78, 5) is 13.6. The number of rotatable bonds is 3. The molecule has 0 N–H and O–H groups in total. The molecule has 0 bridgehead atoms. The quantitative estimate of drug-likeness (QED) is 0.612. The van der Waals surface area contributed by atoms with E-state index in [0.717, 1.165) is 0 Å². The maximum Gasteiger partial charge on any atom is 0.235 e. The lowest BCUT2D eigenvalue weighted by atomic mass is 10.1. The van der Waals surface area contributed by atoms with Crippen LogP contribution in [0.25, 0.3) is 0 Å². The number of hydrogen-bond donors (Lipinski definition) is 0. The highest BCUT2D eigenvalue weighted by atomic mass is 35.5. The Kier molecular flexibility index (Phi) is 3.52. The summed E-state index contributed by atoms with van der Waals surface area (Å²) in [5.41, 5.74) is 0.658. The summed E-state index contributed by atoms with van der Waals surface area (Å²) < 4.78 is 16.0. The van der Waals surface area contributed by atoms with E-state index in [4.69, 9.17) is 25.8 Å². The SMILES string of the molecule is COc1c(CN=C=O)cc2c(c1Cl)OCCO2. The molecule has 1 aliphatic heterocycles. The number of nitrogens with zero attached hydrogens (tertiary/aromatic N) is 1. The van der Waals surface area contributed by atoms with Crippen molar-refractivity contribution in [2.45, 2.75) is 6.54 Å². The van der Waals surface area contributed by atoms with Gasteiger partial charge in [0, 0.05) is 5.56 Å². The van der Waals surface area contributed by atoms with E-state index in [1.165, 1.54) is 13.2 Å². The Morgan fingerprint density at radius 1 is 1.53 bits per heavy atom. The topological polar surface area (TPSA) is 57.1 Å². The first-order chi connectivity index (χ1) is 8.27. The zero-order valence-corrected chi connectivity index (χ0v) is 9.91. The van der Waals surface area contributed by atoms with Gasteiger partial charge in [0.05, 0.1) is 13.7 Å². The van der Waals surface area contributed by atoms with Crippen LogP contribution in [0.3, 0.4) is 0 Å². The number of halogens is 1. The third kappa shape index (κ3) is 2.20. The van der Waals surface area contributed by atoms with Crippen molar-refractivity contribution in [2.24, 2.45) is 4.99 Å². The predicted molar refractivity (Wildman–Crippen MR) is 60.8 cm³/mol. The van der Waals surface area contributed by atoms with Gasteiger partial charge >= 0.3 is 0 Å². The number of isocyanates is 1. The molecule has 1 aromatic rings. The summed E-state index contributed by atoms with van der Waals surface area (Å²) in [5, 5.41) is 0.334. The smallest absolute Gasteiger partial charge is 0.235 e. The molecule has 90 valence electrons. The van der Waals surface area contributed by atoms with Crippen LogP contribution in [0.2, 0.25) is 5.02 Å². The summed E-state index contributed by atoms with van der Waals surface area (Å²) in [6.45, 7) is 1.05. The Morgan fingerprint density at radius 3 is 3.00 bits per heavy atom. The fraction of sp³-hybridized carbons (Fsp3) is 0.364. The van der Waals surface area contributed by atoms with E-state index >= 15 is 0 Å². The summed E-state index contributed by atoms with van der Waals surface area (Å²) in [7, 11) is 1.49. The van der Waals surface area contributed by atoms with Crippen LogP contribution in [-0.4, -0.2) is 26.4 Å². The molecule has 0 radical (unpaired) electrons. The van der Waals surface area contributed by atoms with Gasteiger partial charge in [-0.2, -0.15) is 0 Å². The summed E-state index contributed by atoms with van der Waals surface area (Å²) in [6.07, 6.45) is 1.47. The Bertz CT molecular complexity index is 483. The second kappa shape index (κ2) is 5.08. The van der Waals surface area contributed by atoms with Crippen molar-refractivity contribution >= 4 is 17.7 Å². The lowest BCUT2D eigenvalue weighted by Crippen LogP contribution is -2.16. The van der Waals surface area contributed by atoms with Crippen LogP contribution in [0.5, 0.6) is 17.2 Å². The Balaban J connectivity index is 2.51. The van der Waals surface area contributed by atoms with Crippen LogP contribution in [0.1, 0.15) is 5.56 Å². The van der Waals surface area contributed by atoms with Crippen LogP contribution >= 0.6 is 11.6 Å². The lowest BCUT2D eigenvalue weighted by Gasteiger charge is -2.22. The molecule has 0 saturated carbocycles. The Labute approximate surface area is 103 Å². The summed E-state index contributed by atoms with van der Waals surface area (Å²) in [6, 6.07) is 1.71. The van der Waals surface area contributed by atoms with E-state index in [-0.39, 0.29) is 6.54 Å². The zero-order valence-electron chi connectivity index (χ0n) is 9.16. The van der Waals surface area contributed by atoms with Crippen LogP contribution in [-0.2, 0) is 11.3 Å². The first-order valence-corrected chi connectivity index (χ1v) is 5.34. The van der Waals surface area contributed by atoms with E-state index < -0.39 is 0 Å². The van der Waals surface area contributed by atoms with E-state index in [1.807, 2.05) is 0 Å². The van der Waals surface area contributed by atoms with Crippen LogP contribution in [0.4, 0.5) is 0 Å². The van der Waals surface area contributed by atoms with Crippen molar-refractivity contribution in [3.63, 3.8) is 0 Å². The molecule has 1 aromatic carbocycles. The second-order valence-electron chi connectivity index (χ2n) is 3.31. The molecular formula is C11H10ClNO4. The minimum absolute atomic E-state index is 0.142. The normalized spacial score (nSPS) is 12.8. The molecule has 5 nitrogen and oxygen atoms in total. The number of hydrogen-bond acceptors (Lipinski definition) is 5. The number of fused-ring (bicyclic) bond motifs is 1. The number of benzene rings is 1. The molecular weight excluding hydrogens is 246 g/mol. The molecule has 0 saturated heterocycles. The van der Waals surface area contributed by atoms with Gasteiger partial charge in [-0.3, -0.25) is 0 Å². The highest BCUT2D eigenvalue weighted by Gasteiger charge is 2.22. The molecule has 0 atom stereocenters. The Hall–Kier alpha value is -1.71. The molecule has 1 heterocycles. The molecule has 0 fully saturated rings. The predicted octanol–water partition coefficient (Wildman–Crippen LogP) is 1.96. The van der Waals surface area contributed by atoms with Crippen molar-refractivity contribution < 1.29 is 19.0 Å². The van der Waals surface area contributed by atoms with E-state index in [9.17, 15) is 4.79 Å². The minimum Gasteiger partial charge on any atom is -0.495 e. The van der Waals surface area contributed by atoms with E-state index in [2.05, 4.69) is 4.99 Å². The van der Waals surface area contributed by atoms with E-state index in [1.54, 1.807) is 6.07 Å². The van der Waals surface area contributed by atoms with Gasteiger partial charge in [-0.05, 0) is 6.07 Å². The molecule has 0 amide bonds. The highest BCUT2D eigenvalue weighted by molar-refractivity contribution is 6.34. The standard InChI is InChI=1S/C11H10ClNO4/c1-15-10-7(5-13-6-14)4-8-11(9(10)12)17-3-2-16-8/h4H,2-3,5H2,1H3. The third-order valence-corrected chi connectivity index (χ3v) is 2.67. The summed E-state index contributed by atoms with van der Waals surface area (Å²) in [5.74, 6) is 1.45. The van der Waals surface area contributed by atoms with E-state index in [0.29, 0.717) is 41.0 Å². The molecule has 0 spiro atoms. The van der Waals surface area contributed by atoms with Gasteiger partial charge in [0.25, 0.3) is 0 Å². The van der Waals surface area contributed by atoms with Crippen molar-refractivity contribution in [1.29, 1.82) is 0 Å². The number of ether oxygens (including phenoxy) is 3. The lowest BCUT2D eigenvalue weighted by molar-refractivity contribution is 0.170. The maximum atomic E-state index is 10.1. The summed E-state index contributed by atoms with van der Waals surface area (Å²) >= 11 is 6.14. The van der Waals surface area contributed by atoms with Gasteiger partial charge in [0.1, 0.15) is 24.0 Å². The highest BCUT2D eigenvalue weighted by Crippen LogP contribution is 2.45. The van der Waals surface area contributed by atoms with Gasteiger partial charge in [0.15, 0.2) is 11.5 Å². The van der Waals surface area contributed by atoms with Crippen LogP contribution in [0, 0.1) is 0 Å². The van der Waals surface area contributed by atoms with Crippen LogP contribution < -0.4 is 14.2 Å². The van der Waals surface area contributed by atoms with Crippen molar-refractivity contribution in [2.75, 3.05) is 20.3 Å². The fourth-order valence-electron chi connectivity index (χ4n) is 1.63. The average Bonchev–Trinajstić information content (AvgIpc) is 2.36. The molecule has 0 aromatic heterocycles. The van der Waals surface area contributed by atoms with Gasteiger partial charge in [-0.25, -0.2) is 9.79 Å². The average molecular weight is 256 g/mol. The fourth-order valence-corrected chi connectivity index (χ4v) is 1.98. The van der Waals surface area contributed by atoms with Gasteiger partial charge < -0.3 is 14.2 Å². The molecule has 1 aliphatic rings. The first-order valence-electron chi connectivity index (χ1n) is 4.96. The van der Waals surface area contributed by atoms with Gasteiger partial charge in [-0.1, -0.05) is 11.6 Å². The van der Waals surface area contributed by atoms with Crippen molar-refractivity contribution in [3.8, 4) is 17.2 Å². The van der Waals surface area contributed by atoms with Gasteiger partial charge in [-0.15, -0.1) is 0 Å². The Morgan fingerprint density at radius 2 is 2.29 bits per heavy atom. The van der Waals surface area contributed by atoms with Gasteiger partial charge in [0.2, 0.25) is 6.08 Å². The molecule has 2 rings (SSSR count). The molecule has 0 aliphatic carbocycles. The number of methoxy groups -OCH3 is 1. The largest absolute Gasteiger partial charge is 0.495 e.